The summed E-state index contributed by atoms with van der Waals surface area (Å²) >= 11 is 0. The first-order chi connectivity index (χ1) is 24.9. The Bertz CT molecular complexity index is 1600. The largest absolute Gasteiger partial charge is 0.543 e. The summed E-state index contributed by atoms with van der Waals surface area (Å²) in [6, 6.07) is 31.3. The molecule has 0 aromatic heterocycles. The van der Waals surface area contributed by atoms with E-state index in [-0.39, 0.29) is 5.97 Å². The van der Waals surface area contributed by atoms with Gasteiger partial charge in [0, 0.05) is 16.2 Å². The maximum Gasteiger partial charge on any atom is 0.347 e. The summed E-state index contributed by atoms with van der Waals surface area (Å²) in [6.45, 7) is 13.7. The minimum Gasteiger partial charge on any atom is -0.543 e. The number of carbonyl (C=O) groups is 1. The second kappa shape index (κ2) is 20.8. The highest BCUT2D eigenvalue weighted by Gasteiger charge is 2.39. The summed E-state index contributed by atoms with van der Waals surface area (Å²) in [5, 5.41) is 4.01. The summed E-state index contributed by atoms with van der Waals surface area (Å²) in [5.41, 5.74) is 0.502. The summed E-state index contributed by atoms with van der Waals surface area (Å²) in [4.78, 5) is 14.8. The number of rotatable bonds is 24. The molecule has 0 spiro atoms. The fraction of sp³-hybridized carbons (Fsp3) is 0.533. The molecular weight excluding hydrogens is 661 g/mol. The van der Waals surface area contributed by atoms with E-state index in [2.05, 4.69) is 77.9 Å². The summed E-state index contributed by atoms with van der Waals surface area (Å²) in [7, 11) is -4.47. The van der Waals surface area contributed by atoms with Crippen molar-refractivity contribution in [2.75, 3.05) is 0 Å². The van der Waals surface area contributed by atoms with E-state index in [4.69, 9.17) is 13.6 Å². The van der Waals surface area contributed by atoms with E-state index in [0.29, 0.717) is 17.1 Å². The van der Waals surface area contributed by atoms with Crippen LogP contribution in [-0.2, 0) is 0 Å². The van der Waals surface area contributed by atoms with Crippen LogP contribution in [0.2, 0.25) is 36.3 Å². The van der Waals surface area contributed by atoms with Crippen molar-refractivity contribution in [3.05, 3.63) is 78.4 Å². The van der Waals surface area contributed by atoms with Crippen LogP contribution in [0.4, 0.5) is 0 Å². The molecule has 0 fully saturated rings. The van der Waals surface area contributed by atoms with Crippen LogP contribution in [0.25, 0.3) is 21.5 Å². The number of hydrogen-bond donors (Lipinski definition) is 0. The lowest BCUT2D eigenvalue weighted by Crippen LogP contribution is -2.42. The first-order valence-electron chi connectivity index (χ1n) is 20.5. The molecule has 4 aromatic rings. The van der Waals surface area contributed by atoms with Gasteiger partial charge in [-0.3, -0.25) is 0 Å². The Morgan fingerprint density at radius 1 is 0.490 bits per heavy atom. The zero-order chi connectivity index (χ0) is 36.5. The highest BCUT2D eigenvalue weighted by atomic mass is 28.4. The molecule has 0 unspecified atom stereocenters. The molecule has 0 aliphatic heterocycles. The summed E-state index contributed by atoms with van der Waals surface area (Å²) < 4.78 is 21.5. The first-order valence-corrected chi connectivity index (χ1v) is 25.6. The van der Waals surface area contributed by atoms with Crippen molar-refractivity contribution in [2.24, 2.45) is 0 Å². The molecule has 0 N–H and O–H groups in total. The van der Waals surface area contributed by atoms with Gasteiger partial charge in [0.1, 0.15) is 22.8 Å². The second-order valence-corrected chi connectivity index (χ2v) is 23.0. The molecule has 0 radical (unpaired) electrons. The number of carbonyl (C=O) groups excluding carboxylic acids is 1. The van der Waals surface area contributed by atoms with Crippen LogP contribution in [0.3, 0.4) is 0 Å². The molecule has 0 bridgehead atoms. The van der Waals surface area contributed by atoms with Crippen molar-refractivity contribution < 1.29 is 18.4 Å². The Morgan fingerprint density at radius 3 is 1.43 bits per heavy atom. The van der Waals surface area contributed by atoms with Crippen molar-refractivity contribution in [3.63, 3.8) is 0 Å². The van der Waals surface area contributed by atoms with Gasteiger partial charge in [-0.2, -0.15) is 0 Å². The molecule has 4 aromatic carbocycles. The molecule has 0 aliphatic rings. The van der Waals surface area contributed by atoms with Crippen LogP contribution in [-0.4, -0.2) is 22.6 Å². The standard InChI is InChI=1S/C45H66O4Si2/c1-7-13-30-50(31-14-8-2,32-15-9-3)48-43-36-41(45(46)47-42-29-23-25-37-24-19-20-26-38(37)42)44(40-28-22-21-27-39(40)43)49-51(33-16-10-4,34-17-11-5)35-18-12-6/h19-29,36H,7-18,30-35H2,1-6H3. The zero-order valence-corrected chi connectivity index (χ0v) is 34.8. The van der Waals surface area contributed by atoms with Gasteiger partial charge >= 0.3 is 5.97 Å². The minimum absolute atomic E-state index is 0.371. The van der Waals surface area contributed by atoms with E-state index in [1.165, 1.54) is 19.3 Å². The molecule has 0 aliphatic carbocycles. The Morgan fingerprint density at radius 2 is 0.922 bits per heavy atom. The van der Waals surface area contributed by atoms with Gasteiger partial charge in [-0.1, -0.05) is 179 Å². The van der Waals surface area contributed by atoms with Crippen molar-refractivity contribution in [1.82, 2.24) is 0 Å². The van der Waals surface area contributed by atoms with Crippen molar-refractivity contribution in [3.8, 4) is 17.2 Å². The number of hydrogen-bond acceptors (Lipinski definition) is 4. The summed E-state index contributed by atoms with van der Waals surface area (Å²) in [6.07, 6.45) is 13.9. The number of benzene rings is 4. The Kier molecular flexibility index (Phi) is 16.6. The highest BCUT2D eigenvalue weighted by molar-refractivity contribution is 6.75. The van der Waals surface area contributed by atoms with Crippen LogP contribution < -0.4 is 13.6 Å². The van der Waals surface area contributed by atoms with E-state index in [0.717, 1.165) is 121 Å². The van der Waals surface area contributed by atoms with Crippen LogP contribution in [0.15, 0.2) is 72.8 Å². The van der Waals surface area contributed by atoms with Crippen LogP contribution >= 0.6 is 0 Å². The van der Waals surface area contributed by atoms with Crippen molar-refractivity contribution in [2.45, 2.75) is 155 Å². The molecule has 0 amide bonds. The fourth-order valence-corrected chi connectivity index (χ4v) is 17.0. The monoisotopic (exact) mass is 726 g/mol. The lowest BCUT2D eigenvalue weighted by molar-refractivity contribution is 0.0735. The topological polar surface area (TPSA) is 44.8 Å². The summed E-state index contributed by atoms with van der Waals surface area (Å²) in [5.74, 6) is 1.75. The molecule has 4 rings (SSSR count). The van der Waals surface area contributed by atoms with E-state index < -0.39 is 16.6 Å². The highest BCUT2D eigenvalue weighted by Crippen LogP contribution is 2.44. The predicted octanol–water partition coefficient (Wildman–Crippen LogP) is 14.7. The third-order valence-corrected chi connectivity index (χ3v) is 19.6. The van der Waals surface area contributed by atoms with Gasteiger partial charge in [0.25, 0.3) is 16.6 Å². The van der Waals surface area contributed by atoms with Crippen molar-refractivity contribution in [1.29, 1.82) is 0 Å². The Labute approximate surface area is 311 Å². The first kappa shape index (κ1) is 40.7. The molecule has 0 atom stereocenters. The van der Waals surface area contributed by atoms with Gasteiger partial charge in [0.05, 0.1) is 0 Å². The van der Waals surface area contributed by atoms with E-state index in [9.17, 15) is 4.79 Å². The van der Waals surface area contributed by atoms with E-state index in [1.807, 2.05) is 36.4 Å². The Hall–Kier alpha value is -3.10. The van der Waals surface area contributed by atoms with Gasteiger partial charge in [-0.15, -0.1) is 0 Å². The van der Waals surface area contributed by atoms with Gasteiger partial charge in [0.2, 0.25) is 0 Å². The average molecular weight is 727 g/mol. The number of ether oxygens (including phenoxy) is 1. The van der Waals surface area contributed by atoms with Gasteiger partial charge < -0.3 is 13.6 Å². The van der Waals surface area contributed by atoms with Crippen LogP contribution in [0, 0.1) is 0 Å². The van der Waals surface area contributed by atoms with Crippen LogP contribution in [0.5, 0.6) is 17.2 Å². The molecule has 0 saturated carbocycles. The van der Waals surface area contributed by atoms with Crippen LogP contribution in [0.1, 0.15) is 129 Å². The lowest BCUT2D eigenvalue weighted by atomic mass is 10.0. The van der Waals surface area contributed by atoms with E-state index >= 15 is 0 Å². The number of fused-ring (bicyclic) bond motifs is 2. The minimum atomic E-state index is -2.29. The molecule has 0 saturated heterocycles. The average Bonchev–Trinajstić information content (AvgIpc) is 3.16. The maximum atomic E-state index is 14.8. The molecular formula is C45H66O4Si2. The molecule has 6 heteroatoms. The van der Waals surface area contributed by atoms with E-state index in [1.54, 1.807) is 0 Å². The van der Waals surface area contributed by atoms with Gasteiger partial charge in [-0.25, -0.2) is 4.79 Å². The smallest absolute Gasteiger partial charge is 0.347 e. The number of esters is 1. The quantitative estimate of drug-likeness (QED) is 0.0410. The zero-order valence-electron chi connectivity index (χ0n) is 32.8. The normalized spacial score (nSPS) is 12.0. The van der Waals surface area contributed by atoms with Gasteiger partial charge in [0.15, 0.2) is 0 Å². The second-order valence-electron chi connectivity index (χ2n) is 14.9. The molecule has 51 heavy (non-hydrogen) atoms. The number of unbranched alkanes of at least 4 members (excludes halogenated alkanes) is 6. The SMILES string of the molecule is CCCC[Si](CCCC)(CCCC)Oc1cc(C(=O)Oc2cccc3ccccc23)c(O[Si](CCCC)(CCCC)CCCC)c2ccccc12. The third-order valence-electron chi connectivity index (χ3n) is 10.7. The van der Waals surface area contributed by atoms with Gasteiger partial charge in [-0.05, 0) is 53.8 Å². The van der Waals surface area contributed by atoms with Crippen molar-refractivity contribution >= 4 is 44.1 Å². The maximum absolute atomic E-state index is 14.8. The molecule has 278 valence electrons. The fourth-order valence-electron chi connectivity index (χ4n) is 7.60. The predicted molar refractivity (Wildman–Crippen MR) is 224 cm³/mol. The lowest BCUT2D eigenvalue weighted by Gasteiger charge is -2.35. The molecule has 4 nitrogen and oxygen atoms in total. The third kappa shape index (κ3) is 11.0. The molecule has 0 heterocycles. The Balaban J connectivity index is 1.96.